The first-order chi connectivity index (χ1) is 16.1. The van der Waals surface area contributed by atoms with Gasteiger partial charge in [-0.05, 0) is 57.4 Å². The number of ether oxygens (including phenoxy) is 3. The standard InChI is InChI=1S/C25H27NO8/c1-12-17-8-7-16(31-5)11-19(17)34-24(29)18(12)9-10-20(27)33-15(4)23(28)22-13(2)21(14(3)26-22)25(30)32-6/h7-8,11,15,26H,9-10H2,1-6H3. The molecule has 9 nitrogen and oxygen atoms in total. The Morgan fingerprint density at radius 2 is 1.79 bits per heavy atom. The van der Waals surface area contributed by atoms with Crippen LogP contribution in [0.1, 0.15) is 56.6 Å². The molecule has 0 saturated heterocycles. The molecule has 0 radical (unpaired) electrons. The molecule has 2 aromatic heterocycles. The number of carbonyl (C=O) groups is 3. The number of H-pyrrole nitrogens is 1. The minimum Gasteiger partial charge on any atom is -0.497 e. The third-order valence-electron chi connectivity index (χ3n) is 5.82. The summed E-state index contributed by atoms with van der Waals surface area (Å²) in [5, 5.41) is 0.742. The Morgan fingerprint density at radius 1 is 1.09 bits per heavy atom. The monoisotopic (exact) mass is 469 g/mol. The molecule has 0 aliphatic carbocycles. The van der Waals surface area contributed by atoms with Crippen LogP contribution in [-0.4, -0.2) is 43.0 Å². The van der Waals surface area contributed by atoms with Crippen molar-refractivity contribution in [2.75, 3.05) is 14.2 Å². The van der Waals surface area contributed by atoms with Crippen LogP contribution in [0, 0.1) is 20.8 Å². The van der Waals surface area contributed by atoms with Crippen molar-refractivity contribution < 1.29 is 33.0 Å². The molecule has 2 heterocycles. The van der Waals surface area contributed by atoms with E-state index in [1.54, 1.807) is 39.0 Å². The predicted molar refractivity (Wildman–Crippen MR) is 124 cm³/mol. The first-order valence-electron chi connectivity index (χ1n) is 10.7. The number of hydrogen-bond donors (Lipinski definition) is 1. The lowest BCUT2D eigenvalue weighted by Gasteiger charge is -2.13. The molecule has 3 aromatic rings. The summed E-state index contributed by atoms with van der Waals surface area (Å²) >= 11 is 0. The number of fused-ring (bicyclic) bond motifs is 1. The second kappa shape index (κ2) is 9.94. The van der Waals surface area contributed by atoms with Gasteiger partial charge in [-0.25, -0.2) is 9.59 Å². The Hall–Kier alpha value is -3.88. The lowest BCUT2D eigenvalue weighted by molar-refractivity contribution is -0.146. The Morgan fingerprint density at radius 3 is 2.44 bits per heavy atom. The average molecular weight is 469 g/mol. The molecule has 1 aromatic carbocycles. The van der Waals surface area contributed by atoms with E-state index >= 15 is 0 Å². The Bertz CT molecular complexity index is 1330. The lowest BCUT2D eigenvalue weighted by atomic mass is 10.0. The molecule has 34 heavy (non-hydrogen) atoms. The number of carbonyl (C=O) groups excluding carboxylic acids is 3. The second-order valence-corrected chi connectivity index (χ2v) is 7.97. The fourth-order valence-corrected chi connectivity index (χ4v) is 3.94. The summed E-state index contributed by atoms with van der Waals surface area (Å²) in [5.74, 6) is -1.10. The molecule has 0 spiro atoms. The second-order valence-electron chi connectivity index (χ2n) is 7.97. The van der Waals surface area contributed by atoms with Crippen molar-refractivity contribution in [3.05, 3.63) is 62.3 Å². The number of methoxy groups -OCH3 is 2. The number of benzene rings is 1. The molecule has 0 bridgehead atoms. The molecular weight excluding hydrogens is 442 g/mol. The lowest BCUT2D eigenvalue weighted by Crippen LogP contribution is -2.26. The van der Waals surface area contributed by atoms with E-state index in [2.05, 4.69) is 4.98 Å². The Kier molecular flexibility index (Phi) is 7.24. The maximum Gasteiger partial charge on any atom is 0.339 e. The van der Waals surface area contributed by atoms with E-state index in [9.17, 15) is 19.2 Å². The van der Waals surface area contributed by atoms with Gasteiger partial charge in [0, 0.05) is 29.1 Å². The van der Waals surface area contributed by atoms with Crippen LogP contribution in [0.25, 0.3) is 11.0 Å². The largest absolute Gasteiger partial charge is 0.497 e. The maximum atomic E-state index is 12.8. The van der Waals surface area contributed by atoms with Gasteiger partial charge in [-0.2, -0.15) is 0 Å². The first-order valence-corrected chi connectivity index (χ1v) is 10.7. The topological polar surface area (TPSA) is 125 Å². The van der Waals surface area contributed by atoms with E-state index in [1.807, 2.05) is 0 Å². The number of ketones is 1. The molecular formula is C25H27NO8. The number of rotatable bonds is 8. The quantitative estimate of drug-likeness (QED) is 0.301. The van der Waals surface area contributed by atoms with E-state index in [0.29, 0.717) is 33.7 Å². The van der Waals surface area contributed by atoms with Gasteiger partial charge in [0.25, 0.3) is 0 Å². The summed E-state index contributed by atoms with van der Waals surface area (Å²) in [6.45, 7) is 6.51. The third-order valence-corrected chi connectivity index (χ3v) is 5.82. The SMILES string of the molecule is COC(=O)c1c(C)[nH]c(C(=O)C(C)OC(=O)CCc2c(C)c3ccc(OC)cc3oc2=O)c1C. The molecule has 3 rings (SSSR count). The zero-order valence-corrected chi connectivity index (χ0v) is 20.0. The minimum absolute atomic E-state index is 0.100. The molecule has 1 atom stereocenters. The van der Waals surface area contributed by atoms with E-state index in [0.717, 1.165) is 5.39 Å². The highest BCUT2D eigenvalue weighted by atomic mass is 16.5. The van der Waals surface area contributed by atoms with Crippen LogP contribution in [0.2, 0.25) is 0 Å². The third kappa shape index (κ3) is 4.73. The summed E-state index contributed by atoms with van der Waals surface area (Å²) in [7, 11) is 2.78. The molecule has 0 fully saturated rings. The van der Waals surface area contributed by atoms with Crippen LogP contribution in [-0.2, 0) is 20.7 Å². The number of esters is 2. The van der Waals surface area contributed by atoms with Crippen molar-refractivity contribution in [2.24, 2.45) is 0 Å². The van der Waals surface area contributed by atoms with E-state index < -0.39 is 29.5 Å². The van der Waals surface area contributed by atoms with Crippen LogP contribution >= 0.6 is 0 Å². The number of aromatic nitrogens is 1. The first kappa shape index (κ1) is 24.8. The van der Waals surface area contributed by atoms with Gasteiger partial charge in [-0.1, -0.05) is 0 Å². The molecule has 1 unspecified atom stereocenters. The van der Waals surface area contributed by atoms with Crippen LogP contribution in [0.5, 0.6) is 5.75 Å². The van der Waals surface area contributed by atoms with E-state index in [4.69, 9.17) is 18.6 Å². The number of nitrogens with one attached hydrogen (secondary N) is 1. The molecule has 180 valence electrons. The summed E-state index contributed by atoms with van der Waals surface area (Å²) in [6, 6.07) is 5.18. The highest BCUT2D eigenvalue weighted by Crippen LogP contribution is 2.25. The van der Waals surface area contributed by atoms with Gasteiger partial charge < -0.3 is 23.6 Å². The zero-order chi connectivity index (χ0) is 25.2. The van der Waals surface area contributed by atoms with Gasteiger partial charge in [-0.15, -0.1) is 0 Å². The highest BCUT2D eigenvalue weighted by molar-refractivity contribution is 6.04. The van der Waals surface area contributed by atoms with Crippen LogP contribution in [0.4, 0.5) is 0 Å². The summed E-state index contributed by atoms with van der Waals surface area (Å²) < 4.78 is 20.6. The van der Waals surface area contributed by atoms with E-state index in [-0.39, 0.29) is 24.1 Å². The predicted octanol–water partition coefficient (Wildman–Crippen LogP) is 3.59. The highest BCUT2D eigenvalue weighted by Gasteiger charge is 2.27. The van der Waals surface area contributed by atoms with Gasteiger partial charge in [-0.3, -0.25) is 9.59 Å². The molecule has 1 N–H and O–H groups in total. The molecule has 0 amide bonds. The molecule has 0 aliphatic heterocycles. The number of hydrogen-bond acceptors (Lipinski definition) is 8. The number of aromatic amines is 1. The Balaban J connectivity index is 1.71. The van der Waals surface area contributed by atoms with Crippen molar-refractivity contribution in [2.45, 2.75) is 46.6 Å². The van der Waals surface area contributed by atoms with Crippen molar-refractivity contribution in [3.63, 3.8) is 0 Å². The smallest absolute Gasteiger partial charge is 0.339 e. The van der Waals surface area contributed by atoms with Crippen molar-refractivity contribution in [1.82, 2.24) is 4.98 Å². The van der Waals surface area contributed by atoms with Gasteiger partial charge in [0.2, 0.25) is 5.78 Å². The van der Waals surface area contributed by atoms with E-state index in [1.165, 1.54) is 21.1 Å². The summed E-state index contributed by atoms with van der Waals surface area (Å²) in [5.41, 5.74) is 2.31. The van der Waals surface area contributed by atoms with Crippen molar-refractivity contribution >= 4 is 28.7 Å². The number of Topliss-reactive ketones (excluding diaryl/α,β-unsaturated/α-hetero) is 1. The minimum atomic E-state index is -1.09. The van der Waals surface area contributed by atoms with Crippen LogP contribution in [0.3, 0.4) is 0 Å². The van der Waals surface area contributed by atoms with Gasteiger partial charge in [0.05, 0.1) is 25.5 Å². The van der Waals surface area contributed by atoms with Gasteiger partial charge in [0.15, 0.2) is 6.10 Å². The summed E-state index contributed by atoms with van der Waals surface area (Å²) in [6.07, 6.45) is -1.10. The normalized spacial score (nSPS) is 11.8. The van der Waals surface area contributed by atoms with Crippen LogP contribution in [0.15, 0.2) is 27.4 Å². The van der Waals surface area contributed by atoms with Gasteiger partial charge >= 0.3 is 17.6 Å². The molecule has 0 saturated carbocycles. The van der Waals surface area contributed by atoms with Crippen LogP contribution < -0.4 is 10.4 Å². The molecule has 9 heteroatoms. The number of aryl methyl sites for hydroxylation is 2. The average Bonchev–Trinajstić information content (AvgIpc) is 3.10. The fraction of sp³-hybridized carbons (Fsp3) is 0.360. The summed E-state index contributed by atoms with van der Waals surface area (Å²) in [4.78, 5) is 52.6. The fourth-order valence-electron chi connectivity index (χ4n) is 3.94. The van der Waals surface area contributed by atoms with Crippen molar-refractivity contribution in [3.8, 4) is 5.75 Å². The van der Waals surface area contributed by atoms with Gasteiger partial charge in [0.1, 0.15) is 11.3 Å². The molecule has 0 aliphatic rings. The van der Waals surface area contributed by atoms with Crippen molar-refractivity contribution in [1.29, 1.82) is 0 Å². The Labute approximate surface area is 196 Å². The zero-order valence-electron chi connectivity index (χ0n) is 20.0. The maximum absolute atomic E-state index is 12.8.